The van der Waals surface area contributed by atoms with E-state index >= 15 is 0 Å². The maximum absolute atomic E-state index is 6.74. The van der Waals surface area contributed by atoms with E-state index in [2.05, 4.69) is 33.0 Å². The Labute approximate surface area is 136 Å². The van der Waals surface area contributed by atoms with E-state index in [1.54, 1.807) is 5.57 Å². The molecule has 4 aliphatic rings. The highest BCUT2D eigenvalue weighted by Crippen LogP contribution is 2.56. The predicted molar refractivity (Wildman–Crippen MR) is 90.6 cm³/mol. The summed E-state index contributed by atoms with van der Waals surface area (Å²) >= 11 is 0. The Balaban J connectivity index is 1.80. The van der Waals surface area contributed by atoms with Crippen LogP contribution >= 0.6 is 0 Å². The monoisotopic (exact) mass is 303 g/mol. The molecule has 2 fully saturated rings. The van der Waals surface area contributed by atoms with Gasteiger partial charge in [-0.2, -0.15) is 0 Å². The largest absolute Gasteiger partial charge is 0.383 e. The number of rotatable bonds is 0. The van der Waals surface area contributed by atoms with E-state index in [0.29, 0.717) is 18.1 Å². The normalized spacial score (nSPS) is 42.7. The van der Waals surface area contributed by atoms with E-state index in [1.807, 2.05) is 0 Å². The van der Waals surface area contributed by atoms with Crippen LogP contribution < -0.4 is 5.32 Å². The van der Waals surface area contributed by atoms with Crippen LogP contribution in [0.5, 0.6) is 0 Å². The van der Waals surface area contributed by atoms with E-state index < -0.39 is 0 Å². The highest BCUT2D eigenvalue weighted by atomic mass is 16.5. The summed E-state index contributed by atoms with van der Waals surface area (Å²) in [5.41, 5.74) is 3.36. The fourth-order valence-corrected chi connectivity index (χ4v) is 6.10. The zero-order valence-electron chi connectivity index (χ0n) is 14.9. The second kappa shape index (κ2) is 5.00. The van der Waals surface area contributed by atoms with Gasteiger partial charge in [-0.3, -0.25) is 0 Å². The van der Waals surface area contributed by atoms with Gasteiger partial charge in [-0.1, -0.05) is 39.5 Å². The van der Waals surface area contributed by atoms with Gasteiger partial charge in [0.1, 0.15) is 5.60 Å². The molecular weight excluding hydrogens is 270 g/mol. The lowest BCUT2D eigenvalue weighted by atomic mass is 9.61. The van der Waals surface area contributed by atoms with Gasteiger partial charge in [-0.25, -0.2) is 0 Å². The van der Waals surface area contributed by atoms with Crippen molar-refractivity contribution in [3.63, 3.8) is 0 Å². The van der Waals surface area contributed by atoms with Crippen LogP contribution in [0.1, 0.15) is 79.1 Å². The van der Waals surface area contributed by atoms with Gasteiger partial charge < -0.3 is 10.1 Å². The summed E-state index contributed by atoms with van der Waals surface area (Å²) in [4.78, 5) is 0. The Hall–Kier alpha value is -0.500. The summed E-state index contributed by atoms with van der Waals surface area (Å²) in [7, 11) is 0. The van der Waals surface area contributed by atoms with Crippen molar-refractivity contribution >= 4 is 0 Å². The number of nitrogens with one attached hydrogen (secondary N) is 1. The van der Waals surface area contributed by atoms with E-state index in [0.717, 1.165) is 5.92 Å². The van der Waals surface area contributed by atoms with Crippen molar-refractivity contribution in [1.29, 1.82) is 0 Å². The molecule has 1 N–H and O–H groups in total. The minimum absolute atomic E-state index is 0.138. The summed E-state index contributed by atoms with van der Waals surface area (Å²) in [6.07, 6.45) is 11.3. The molecule has 4 unspecified atom stereocenters. The Morgan fingerprint density at radius 3 is 2.41 bits per heavy atom. The smallest absolute Gasteiger partial charge is 0.102 e. The Kier molecular flexibility index (Phi) is 3.42. The summed E-state index contributed by atoms with van der Waals surface area (Å²) < 4.78 is 6.74. The zero-order valence-corrected chi connectivity index (χ0v) is 14.9. The van der Waals surface area contributed by atoms with Crippen molar-refractivity contribution in [2.45, 2.75) is 96.8 Å². The predicted octanol–water partition coefficient (Wildman–Crippen LogP) is 4.80. The molecule has 124 valence electrons. The van der Waals surface area contributed by atoms with Gasteiger partial charge >= 0.3 is 0 Å². The molecule has 2 heterocycles. The topological polar surface area (TPSA) is 21.3 Å². The molecule has 2 aliphatic heterocycles. The number of hydrogen-bond donors (Lipinski definition) is 1. The minimum atomic E-state index is -0.138. The molecule has 2 heteroatoms. The van der Waals surface area contributed by atoms with Crippen LogP contribution in [0.15, 0.2) is 11.3 Å². The van der Waals surface area contributed by atoms with Crippen molar-refractivity contribution in [2.75, 3.05) is 0 Å². The zero-order chi connectivity index (χ0) is 15.5. The molecule has 4 rings (SSSR count). The van der Waals surface area contributed by atoms with E-state index in [4.69, 9.17) is 4.74 Å². The molecule has 4 atom stereocenters. The molecule has 0 spiro atoms. The average Bonchev–Trinajstić information content (AvgIpc) is 2.85. The molecule has 2 nitrogen and oxygen atoms in total. The third-order valence-electron chi connectivity index (χ3n) is 7.11. The number of ether oxygens (including phenoxy) is 1. The summed E-state index contributed by atoms with van der Waals surface area (Å²) in [5, 5.41) is 3.95. The van der Waals surface area contributed by atoms with E-state index in [9.17, 15) is 0 Å². The minimum Gasteiger partial charge on any atom is -0.383 e. The maximum Gasteiger partial charge on any atom is 0.102 e. The molecule has 2 aliphatic carbocycles. The summed E-state index contributed by atoms with van der Waals surface area (Å²) in [5.74, 6) is 1.47. The Bertz CT molecular complexity index is 490. The van der Waals surface area contributed by atoms with Crippen molar-refractivity contribution in [2.24, 2.45) is 17.3 Å². The second-order valence-corrected chi connectivity index (χ2v) is 9.21. The van der Waals surface area contributed by atoms with Gasteiger partial charge in [0.25, 0.3) is 0 Å². The van der Waals surface area contributed by atoms with Gasteiger partial charge in [0, 0.05) is 17.7 Å². The van der Waals surface area contributed by atoms with Crippen molar-refractivity contribution in [1.82, 2.24) is 5.32 Å². The van der Waals surface area contributed by atoms with Gasteiger partial charge in [-0.05, 0) is 56.4 Å². The van der Waals surface area contributed by atoms with Gasteiger partial charge in [0.05, 0.1) is 6.10 Å². The van der Waals surface area contributed by atoms with Gasteiger partial charge in [-0.15, -0.1) is 0 Å². The van der Waals surface area contributed by atoms with Crippen molar-refractivity contribution < 1.29 is 4.74 Å². The lowest BCUT2D eigenvalue weighted by Gasteiger charge is -2.44. The van der Waals surface area contributed by atoms with Crippen LogP contribution in [-0.2, 0) is 4.74 Å². The first kappa shape index (κ1) is 15.1. The van der Waals surface area contributed by atoms with Crippen LogP contribution in [0, 0.1) is 17.3 Å². The van der Waals surface area contributed by atoms with Crippen LogP contribution in [-0.4, -0.2) is 17.7 Å². The first-order chi connectivity index (χ1) is 10.4. The third kappa shape index (κ3) is 2.09. The molecule has 22 heavy (non-hydrogen) atoms. The summed E-state index contributed by atoms with van der Waals surface area (Å²) in [6, 6.07) is 0.682. The van der Waals surface area contributed by atoms with Crippen molar-refractivity contribution in [3.05, 3.63) is 11.3 Å². The number of fused-ring (bicyclic) bond motifs is 3. The van der Waals surface area contributed by atoms with Crippen LogP contribution in [0.25, 0.3) is 0 Å². The first-order valence-electron chi connectivity index (χ1n) is 9.61. The molecular formula is C20H33NO. The molecule has 0 aromatic heterocycles. The molecule has 0 amide bonds. The molecule has 0 saturated heterocycles. The lowest BCUT2D eigenvalue weighted by Crippen LogP contribution is -2.44. The van der Waals surface area contributed by atoms with Crippen LogP contribution in [0.3, 0.4) is 0 Å². The highest BCUT2D eigenvalue weighted by Gasteiger charge is 2.54. The quantitative estimate of drug-likeness (QED) is 0.694. The molecule has 0 aromatic rings. The van der Waals surface area contributed by atoms with E-state index in [1.165, 1.54) is 57.1 Å². The second-order valence-electron chi connectivity index (χ2n) is 9.21. The van der Waals surface area contributed by atoms with Gasteiger partial charge in [0.15, 0.2) is 0 Å². The summed E-state index contributed by atoms with van der Waals surface area (Å²) in [6.45, 7) is 9.66. The van der Waals surface area contributed by atoms with Crippen LogP contribution in [0.4, 0.5) is 0 Å². The molecule has 0 aromatic carbocycles. The third-order valence-corrected chi connectivity index (χ3v) is 7.11. The highest BCUT2D eigenvalue weighted by molar-refractivity contribution is 5.37. The van der Waals surface area contributed by atoms with Crippen LogP contribution in [0.2, 0.25) is 0 Å². The maximum atomic E-state index is 6.74. The number of hydrogen-bond acceptors (Lipinski definition) is 2. The average molecular weight is 303 g/mol. The Morgan fingerprint density at radius 1 is 0.909 bits per heavy atom. The molecule has 0 radical (unpaired) electrons. The lowest BCUT2D eigenvalue weighted by molar-refractivity contribution is -0.102. The first-order valence-corrected chi connectivity index (χ1v) is 9.61. The van der Waals surface area contributed by atoms with Gasteiger partial charge in [0.2, 0.25) is 0 Å². The fraction of sp³-hybridized carbons (Fsp3) is 0.900. The Morgan fingerprint density at radius 2 is 1.59 bits per heavy atom. The molecule has 2 saturated carbocycles. The standard InChI is InChI=1S/C20H33NO/c1-19(2)14-10-6-8-12-16(14)22-20(3,4)18-17(19)13-9-5-7-11-15(13)21-18/h13-16,21H,5-12H2,1-4H3. The SMILES string of the molecule is CC1(C)OC2CCCCC2C(C)(C)C2=C1NC1CCCCC21. The van der Waals surface area contributed by atoms with E-state index in [-0.39, 0.29) is 11.0 Å². The molecule has 0 bridgehead atoms. The van der Waals surface area contributed by atoms with Crippen molar-refractivity contribution in [3.8, 4) is 0 Å². The fourth-order valence-electron chi connectivity index (χ4n) is 6.10.